The summed E-state index contributed by atoms with van der Waals surface area (Å²) in [4.78, 5) is 8.56. The predicted octanol–water partition coefficient (Wildman–Crippen LogP) is 4.22. The Bertz CT molecular complexity index is 765. The molecule has 0 spiro atoms. The molecule has 1 fully saturated rings. The highest BCUT2D eigenvalue weighted by molar-refractivity contribution is 6.32. The van der Waals surface area contributed by atoms with Crippen LogP contribution in [-0.4, -0.2) is 30.2 Å². The fourth-order valence-corrected chi connectivity index (χ4v) is 3.38. The normalized spacial score (nSPS) is 14.7. The van der Waals surface area contributed by atoms with E-state index in [4.69, 9.17) is 26.8 Å². The first kappa shape index (κ1) is 18.4. The first-order valence-electron chi connectivity index (χ1n) is 8.68. The summed E-state index contributed by atoms with van der Waals surface area (Å²) >= 11 is 6.23. The Morgan fingerprint density at radius 1 is 1.04 bits per heavy atom. The van der Waals surface area contributed by atoms with E-state index in [2.05, 4.69) is 20.6 Å². The Hall–Kier alpha value is -2.41. The average molecular weight is 378 g/mol. The Labute approximate surface area is 158 Å². The van der Waals surface area contributed by atoms with Gasteiger partial charge in [-0.15, -0.1) is 0 Å². The number of nitrogens with zero attached hydrogens (tertiary/aromatic N) is 2. The molecule has 1 aliphatic rings. The molecule has 0 atom stereocenters. The molecule has 2 aromatic rings. The van der Waals surface area contributed by atoms with Gasteiger partial charge in [-0.25, -0.2) is 9.97 Å². The van der Waals surface area contributed by atoms with Crippen molar-refractivity contribution in [3.63, 3.8) is 0 Å². The smallest absolute Gasteiger partial charge is 0.159 e. The van der Waals surface area contributed by atoms with Crippen molar-refractivity contribution in [2.24, 2.45) is 0 Å². The quantitative estimate of drug-likeness (QED) is 0.693. The summed E-state index contributed by atoms with van der Waals surface area (Å²) < 4.78 is 10.6. The molecule has 1 aromatic carbocycles. The molecule has 8 heteroatoms. The second kappa shape index (κ2) is 8.31. The van der Waals surface area contributed by atoms with E-state index in [0.29, 0.717) is 45.6 Å². The van der Waals surface area contributed by atoms with Gasteiger partial charge in [0.25, 0.3) is 0 Å². The lowest BCUT2D eigenvalue weighted by molar-refractivity contribution is 0.396. The van der Waals surface area contributed by atoms with E-state index in [1.54, 1.807) is 26.4 Å². The van der Waals surface area contributed by atoms with Crippen LogP contribution in [0, 0.1) is 0 Å². The molecule has 7 nitrogen and oxygen atoms in total. The van der Waals surface area contributed by atoms with Crippen LogP contribution < -0.4 is 25.8 Å². The van der Waals surface area contributed by atoms with Crippen molar-refractivity contribution < 1.29 is 9.47 Å². The van der Waals surface area contributed by atoms with Gasteiger partial charge in [0.15, 0.2) is 11.6 Å². The van der Waals surface area contributed by atoms with E-state index in [0.717, 1.165) is 12.8 Å². The zero-order valence-electron chi connectivity index (χ0n) is 15.0. The van der Waals surface area contributed by atoms with Crippen molar-refractivity contribution in [2.75, 3.05) is 30.6 Å². The molecule has 4 N–H and O–H groups in total. The summed E-state index contributed by atoms with van der Waals surface area (Å²) in [5.74, 6) is 2.25. The van der Waals surface area contributed by atoms with Crippen LogP contribution in [-0.2, 0) is 0 Å². The Kier molecular flexibility index (Phi) is 5.88. The van der Waals surface area contributed by atoms with Crippen LogP contribution in [0.2, 0.25) is 5.02 Å². The lowest BCUT2D eigenvalue weighted by atomic mass is 9.95. The fraction of sp³-hybridized carbons (Fsp3) is 0.444. The number of hydrogen-bond acceptors (Lipinski definition) is 7. The van der Waals surface area contributed by atoms with Crippen LogP contribution in [0.25, 0.3) is 0 Å². The van der Waals surface area contributed by atoms with Crippen LogP contribution in [0.4, 0.5) is 23.0 Å². The third-order valence-electron chi connectivity index (χ3n) is 4.56. The number of nitrogen functional groups attached to an aromatic ring is 1. The Morgan fingerprint density at radius 2 is 1.73 bits per heavy atom. The molecule has 26 heavy (non-hydrogen) atoms. The molecule has 140 valence electrons. The van der Waals surface area contributed by atoms with Gasteiger partial charge in [0.1, 0.15) is 23.5 Å². The van der Waals surface area contributed by atoms with Crippen molar-refractivity contribution in [2.45, 2.75) is 38.1 Å². The maximum absolute atomic E-state index is 6.29. The van der Waals surface area contributed by atoms with Gasteiger partial charge >= 0.3 is 0 Å². The van der Waals surface area contributed by atoms with Crippen molar-refractivity contribution in [1.82, 2.24) is 9.97 Å². The van der Waals surface area contributed by atoms with Crippen molar-refractivity contribution >= 4 is 34.6 Å². The molecule has 1 aromatic heterocycles. The number of benzene rings is 1. The van der Waals surface area contributed by atoms with E-state index in [1.165, 1.54) is 25.6 Å². The lowest BCUT2D eigenvalue weighted by Crippen LogP contribution is -2.23. The fourth-order valence-electron chi connectivity index (χ4n) is 3.14. The maximum atomic E-state index is 6.29. The monoisotopic (exact) mass is 377 g/mol. The van der Waals surface area contributed by atoms with Crippen molar-refractivity contribution in [3.8, 4) is 11.5 Å². The number of nitrogens with two attached hydrogens (primary N) is 1. The molecule has 1 saturated carbocycles. The number of ether oxygens (including phenoxy) is 2. The second-order valence-corrected chi connectivity index (χ2v) is 6.68. The molecule has 0 aliphatic heterocycles. The number of halogens is 1. The van der Waals surface area contributed by atoms with Crippen LogP contribution in [0.1, 0.15) is 32.1 Å². The van der Waals surface area contributed by atoms with Crippen LogP contribution >= 0.6 is 11.6 Å². The number of hydrogen-bond donors (Lipinski definition) is 3. The molecule has 0 amide bonds. The molecular formula is C18H24ClN5O2. The Balaban J connectivity index is 1.84. The van der Waals surface area contributed by atoms with Gasteiger partial charge in [-0.3, -0.25) is 0 Å². The summed E-state index contributed by atoms with van der Waals surface area (Å²) in [6.07, 6.45) is 7.51. The lowest BCUT2D eigenvalue weighted by Gasteiger charge is -2.24. The zero-order valence-corrected chi connectivity index (χ0v) is 15.8. The van der Waals surface area contributed by atoms with E-state index in [9.17, 15) is 0 Å². The molecule has 0 bridgehead atoms. The van der Waals surface area contributed by atoms with Crippen molar-refractivity contribution in [3.05, 3.63) is 23.5 Å². The van der Waals surface area contributed by atoms with Crippen LogP contribution in [0.15, 0.2) is 18.5 Å². The van der Waals surface area contributed by atoms with Gasteiger partial charge in [0.05, 0.1) is 24.9 Å². The SMILES string of the molecule is COc1cc(OC)c(Nc2ncnc(NC3CCCCC3)c2N)cc1Cl. The summed E-state index contributed by atoms with van der Waals surface area (Å²) in [6, 6.07) is 3.83. The average Bonchev–Trinajstić information content (AvgIpc) is 2.66. The molecular weight excluding hydrogens is 354 g/mol. The number of rotatable bonds is 6. The van der Waals surface area contributed by atoms with E-state index in [-0.39, 0.29) is 0 Å². The predicted molar refractivity (Wildman–Crippen MR) is 105 cm³/mol. The third-order valence-corrected chi connectivity index (χ3v) is 4.85. The number of aromatic nitrogens is 2. The maximum Gasteiger partial charge on any atom is 0.159 e. The molecule has 0 unspecified atom stereocenters. The zero-order chi connectivity index (χ0) is 18.5. The highest BCUT2D eigenvalue weighted by atomic mass is 35.5. The summed E-state index contributed by atoms with van der Waals surface area (Å²) in [5.41, 5.74) is 7.40. The minimum atomic E-state index is 0.402. The number of anilines is 4. The first-order chi connectivity index (χ1) is 12.6. The highest BCUT2D eigenvalue weighted by Crippen LogP contribution is 2.38. The van der Waals surface area contributed by atoms with Gasteiger partial charge in [-0.2, -0.15) is 0 Å². The van der Waals surface area contributed by atoms with Gasteiger partial charge in [-0.05, 0) is 18.9 Å². The number of methoxy groups -OCH3 is 2. The van der Waals surface area contributed by atoms with Crippen LogP contribution in [0.3, 0.4) is 0 Å². The summed E-state index contributed by atoms with van der Waals surface area (Å²) in [5, 5.41) is 7.08. The van der Waals surface area contributed by atoms with Crippen LogP contribution in [0.5, 0.6) is 11.5 Å². The molecule has 1 aliphatic carbocycles. The largest absolute Gasteiger partial charge is 0.495 e. The summed E-state index contributed by atoms with van der Waals surface area (Å²) in [6.45, 7) is 0. The Morgan fingerprint density at radius 3 is 2.42 bits per heavy atom. The highest BCUT2D eigenvalue weighted by Gasteiger charge is 2.17. The second-order valence-electron chi connectivity index (χ2n) is 6.28. The molecule has 0 radical (unpaired) electrons. The number of nitrogens with one attached hydrogen (secondary N) is 2. The molecule has 0 saturated heterocycles. The van der Waals surface area contributed by atoms with Gasteiger partial charge in [-0.1, -0.05) is 30.9 Å². The van der Waals surface area contributed by atoms with E-state index >= 15 is 0 Å². The van der Waals surface area contributed by atoms with Gasteiger partial charge < -0.3 is 25.8 Å². The first-order valence-corrected chi connectivity index (χ1v) is 9.05. The third kappa shape index (κ3) is 4.04. The topological polar surface area (TPSA) is 94.3 Å². The standard InChI is InChI=1S/C18H24ClN5O2/c1-25-14-9-15(26-2)13(8-12(14)19)24-18-16(20)17(21-10-22-18)23-11-6-4-3-5-7-11/h8-11H,3-7,20H2,1-2H3,(H2,21,22,23,24). The van der Waals surface area contributed by atoms with Crippen molar-refractivity contribution in [1.29, 1.82) is 0 Å². The van der Waals surface area contributed by atoms with E-state index < -0.39 is 0 Å². The van der Waals surface area contributed by atoms with E-state index in [1.807, 2.05) is 0 Å². The minimum Gasteiger partial charge on any atom is -0.495 e. The minimum absolute atomic E-state index is 0.402. The molecule has 1 heterocycles. The van der Waals surface area contributed by atoms with Gasteiger partial charge in [0.2, 0.25) is 0 Å². The van der Waals surface area contributed by atoms with Gasteiger partial charge in [0, 0.05) is 12.1 Å². The summed E-state index contributed by atoms with van der Waals surface area (Å²) in [7, 11) is 3.13. The molecule has 3 rings (SSSR count).